The molecule has 7 nitrogen and oxygen atoms in total. The first-order chi connectivity index (χ1) is 15.4. The van der Waals surface area contributed by atoms with E-state index < -0.39 is 0 Å². The van der Waals surface area contributed by atoms with Crippen molar-refractivity contribution < 1.29 is 9.59 Å². The van der Waals surface area contributed by atoms with E-state index in [2.05, 4.69) is 57.5 Å². The third kappa shape index (κ3) is 5.40. The van der Waals surface area contributed by atoms with Crippen LogP contribution in [0.5, 0.6) is 0 Å². The van der Waals surface area contributed by atoms with E-state index in [9.17, 15) is 9.59 Å². The molecule has 1 aliphatic rings. The van der Waals surface area contributed by atoms with Crippen molar-refractivity contribution in [3.63, 3.8) is 0 Å². The summed E-state index contributed by atoms with van der Waals surface area (Å²) in [6.45, 7) is 7.89. The van der Waals surface area contributed by atoms with Crippen molar-refractivity contribution in [1.82, 2.24) is 20.2 Å². The highest BCUT2D eigenvalue weighted by molar-refractivity contribution is 7.14. The van der Waals surface area contributed by atoms with Gasteiger partial charge in [-0.1, -0.05) is 12.1 Å². The van der Waals surface area contributed by atoms with Gasteiger partial charge in [-0.3, -0.25) is 14.5 Å². The smallest absolute Gasteiger partial charge is 0.263 e. The molecule has 0 saturated carbocycles. The monoisotopic (exact) mass is 469 g/mol. The molecule has 3 aromatic rings. The Hall–Kier alpha value is -2.62. The molecule has 0 radical (unpaired) electrons. The second-order valence-corrected chi connectivity index (χ2v) is 9.89. The van der Waals surface area contributed by atoms with Crippen LogP contribution in [0.2, 0.25) is 0 Å². The van der Waals surface area contributed by atoms with Gasteiger partial charge in [-0.15, -0.1) is 22.7 Å². The van der Waals surface area contributed by atoms with Crippen LogP contribution in [0.4, 0.5) is 5.13 Å². The third-order valence-electron chi connectivity index (χ3n) is 5.79. The zero-order chi connectivity index (χ0) is 22.7. The van der Waals surface area contributed by atoms with Crippen LogP contribution >= 0.6 is 22.7 Å². The van der Waals surface area contributed by atoms with E-state index in [1.165, 1.54) is 33.8 Å². The molecule has 4 rings (SSSR count). The summed E-state index contributed by atoms with van der Waals surface area (Å²) in [4.78, 5) is 36.4. The van der Waals surface area contributed by atoms with E-state index in [0.717, 1.165) is 42.9 Å². The lowest BCUT2D eigenvalue weighted by atomic mass is 10.0. The number of thiazole rings is 2. The van der Waals surface area contributed by atoms with E-state index in [0.29, 0.717) is 16.6 Å². The summed E-state index contributed by atoms with van der Waals surface area (Å²) in [5.41, 5.74) is 6.87. The van der Waals surface area contributed by atoms with Crippen LogP contribution in [0.15, 0.2) is 29.1 Å². The van der Waals surface area contributed by atoms with Crippen molar-refractivity contribution in [3.8, 4) is 11.3 Å². The maximum atomic E-state index is 12.5. The Labute approximate surface area is 195 Å². The van der Waals surface area contributed by atoms with Gasteiger partial charge < -0.3 is 10.6 Å². The molecule has 2 aromatic heterocycles. The summed E-state index contributed by atoms with van der Waals surface area (Å²) in [6, 6.07) is 6.40. The zero-order valence-electron chi connectivity index (χ0n) is 18.5. The van der Waals surface area contributed by atoms with Crippen molar-refractivity contribution in [2.75, 3.05) is 25.0 Å². The van der Waals surface area contributed by atoms with E-state index in [4.69, 9.17) is 0 Å². The molecule has 3 heterocycles. The summed E-state index contributed by atoms with van der Waals surface area (Å²) in [6.07, 6.45) is 1.65. The van der Waals surface area contributed by atoms with Gasteiger partial charge in [0.1, 0.15) is 4.88 Å². The average Bonchev–Trinajstić information content (AvgIpc) is 3.40. The number of nitrogens with zero attached hydrogens (tertiary/aromatic N) is 3. The normalized spacial score (nSPS) is 15.0. The van der Waals surface area contributed by atoms with Crippen molar-refractivity contribution >= 4 is 39.6 Å². The summed E-state index contributed by atoms with van der Waals surface area (Å²) in [5, 5.41) is 8.61. The summed E-state index contributed by atoms with van der Waals surface area (Å²) in [7, 11) is 0. The van der Waals surface area contributed by atoms with Gasteiger partial charge in [0.15, 0.2) is 5.13 Å². The van der Waals surface area contributed by atoms with Gasteiger partial charge in [-0.2, -0.15) is 0 Å². The average molecular weight is 470 g/mol. The Morgan fingerprint density at radius 3 is 2.59 bits per heavy atom. The Morgan fingerprint density at radius 1 is 1.12 bits per heavy atom. The molecule has 1 fully saturated rings. The van der Waals surface area contributed by atoms with Crippen LogP contribution in [0, 0.1) is 20.8 Å². The molecule has 0 bridgehead atoms. The predicted molar refractivity (Wildman–Crippen MR) is 129 cm³/mol. The lowest BCUT2D eigenvalue weighted by molar-refractivity contribution is -0.117. The van der Waals surface area contributed by atoms with Crippen molar-refractivity contribution in [2.45, 2.75) is 39.7 Å². The van der Waals surface area contributed by atoms with Gasteiger partial charge in [0.2, 0.25) is 5.91 Å². The number of aryl methyl sites for hydroxylation is 3. The number of benzene rings is 1. The number of amides is 2. The second kappa shape index (κ2) is 9.89. The number of carbonyl (C=O) groups excluding carboxylic acids is 2. The van der Waals surface area contributed by atoms with Gasteiger partial charge in [-0.05, 0) is 50.8 Å². The molecule has 0 unspecified atom stereocenters. The number of likely N-dealkylation sites (tertiary alicyclic amines) is 1. The molecule has 32 heavy (non-hydrogen) atoms. The number of aromatic nitrogens is 2. The minimum absolute atomic E-state index is 0.0514. The Kier molecular flexibility index (Phi) is 6.98. The van der Waals surface area contributed by atoms with Crippen LogP contribution < -0.4 is 10.6 Å². The van der Waals surface area contributed by atoms with Crippen LogP contribution in [-0.2, 0) is 4.79 Å². The van der Waals surface area contributed by atoms with Crippen LogP contribution in [0.3, 0.4) is 0 Å². The largest absolute Gasteiger partial charge is 0.348 e. The Morgan fingerprint density at radius 2 is 1.91 bits per heavy atom. The first kappa shape index (κ1) is 22.6. The number of rotatable bonds is 6. The topological polar surface area (TPSA) is 87.2 Å². The molecule has 0 aliphatic carbocycles. The van der Waals surface area contributed by atoms with Crippen molar-refractivity contribution in [1.29, 1.82) is 0 Å². The van der Waals surface area contributed by atoms with Crippen LogP contribution in [0.1, 0.15) is 39.3 Å². The standard InChI is InChI=1S/C23H27N5O2S2/c1-14-4-5-17(10-15(14)2)19-12-31-23(26-19)27-20(29)11-28-8-6-18(7-9-28)25-22(30)21-16(3)24-13-32-21/h4-5,10,12-13,18H,6-9,11H2,1-3H3,(H,25,30)(H,26,27,29). The van der Waals surface area contributed by atoms with Crippen molar-refractivity contribution in [3.05, 3.63) is 50.8 Å². The van der Waals surface area contributed by atoms with Gasteiger partial charge in [0.05, 0.1) is 23.4 Å². The summed E-state index contributed by atoms with van der Waals surface area (Å²) >= 11 is 2.80. The summed E-state index contributed by atoms with van der Waals surface area (Å²) < 4.78 is 0. The number of hydrogen-bond acceptors (Lipinski definition) is 7. The van der Waals surface area contributed by atoms with Gasteiger partial charge in [0.25, 0.3) is 5.91 Å². The first-order valence-corrected chi connectivity index (χ1v) is 12.4. The minimum atomic E-state index is -0.0613. The predicted octanol–water partition coefficient (Wildman–Crippen LogP) is 4.02. The van der Waals surface area contributed by atoms with Gasteiger partial charge in [-0.25, -0.2) is 9.97 Å². The Bertz CT molecular complexity index is 1120. The second-order valence-electron chi connectivity index (χ2n) is 8.18. The first-order valence-electron chi connectivity index (χ1n) is 10.7. The highest BCUT2D eigenvalue weighted by atomic mass is 32.1. The summed E-state index contributed by atoms with van der Waals surface area (Å²) in [5.74, 6) is -0.113. The fourth-order valence-corrected chi connectivity index (χ4v) is 5.17. The van der Waals surface area contributed by atoms with E-state index >= 15 is 0 Å². The molecule has 1 aliphatic heterocycles. The molecular formula is C23H27N5O2S2. The molecule has 1 aromatic carbocycles. The molecule has 1 saturated heterocycles. The SMILES string of the molecule is Cc1ccc(-c2csc(NC(=O)CN3CCC(NC(=O)c4scnc4C)CC3)n2)cc1C. The molecule has 0 spiro atoms. The van der Waals surface area contributed by atoms with E-state index in [1.807, 2.05) is 12.3 Å². The Balaban J connectivity index is 1.24. The van der Waals surface area contributed by atoms with Crippen LogP contribution in [-0.4, -0.2) is 52.4 Å². The highest BCUT2D eigenvalue weighted by Gasteiger charge is 2.24. The van der Waals surface area contributed by atoms with Gasteiger partial charge in [0, 0.05) is 30.1 Å². The maximum absolute atomic E-state index is 12.5. The van der Waals surface area contributed by atoms with E-state index in [-0.39, 0.29) is 17.9 Å². The highest BCUT2D eigenvalue weighted by Crippen LogP contribution is 2.26. The minimum Gasteiger partial charge on any atom is -0.348 e. The molecule has 2 amide bonds. The maximum Gasteiger partial charge on any atom is 0.263 e. The quantitative estimate of drug-likeness (QED) is 0.569. The molecular weight excluding hydrogens is 442 g/mol. The third-order valence-corrected chi connectivity index (χ3v) is 7.48. The molecule has 2 N–H and O–H groups in total. The lowest BCUT2D eigenvalue weighted by Crippen LogP contribution is -2.46. The fraction of sp³-hybridized carbons (Fsp3) is 0.391. The molecule has 168 valence electrons. The zero-order valence-corrected chi connectivity index (χ0v) is 20.1. The van der Waals surface area contributed by atoms with Crippen molar-refractivity contribution in [2.24, 2.45) is 0 Å². The fourth-order valence-electron chi connectivity index (χ4n) is 3.73. The lowest BCUT2D eigenvalue weighted by Gasteiger charge is -2.31. The van der Waals surface area contributed by atoms with E-state index in [1.54, 1.807) is 5.51 Å². The number of hydrogen-bond donors (Lipinski definition) is 2. The number of carbonyl (C=O) groups is 2. The van der Waals surface area contributed by atoms with Crippen LogP contribution in [0.25, 0.3) is 11.3 Å². The number of nitrogens with one attached hydrogen (secondary N) is 2. The molecule has 9 heteroatoms. The van der Waals surface area contributed by atoms with Gasteiger partial charge >= 0.3 is 0 Å². The molecule has 0 atom stereocenters. The number of anilines is 1. The number of piperidine rings is 1.